The molecule has 0 amide bonds. The number of anilines is 3. The van der Waals surface area contributed by atoms with Gasteiger partial charge in [0.1, 0.15) is 5.82 Å². The van der Waals surface area contributed by atoms with Crippen molar-refractivity contribution in [1.29, 1.82) is 0 Å². The van der Waals surface area contributed by atoms with Crippen LogP contribution < -0.4 is 10.2 Å². The minimum absolute atomic E-state index is 0.291. The van der Waals surface area contributed by atoms with E-state index in [-0.39, 0.29) is 5.82 Å². The molecule has 5 nitrogen and oxygen atoms in total. The SMILES string of the molecule is CCCN(CCC)c1nncc(Nc2cccc(F)c2)n1. The first-order valence-electron chi connectivity index (χ1n) is 7.20. The van der Waals surface area contributed by atoms with Crippen LogP contribution in [0.15, 0.2) is 30.5 Å². The van der Waals surface area contributed by atoms with Crippen molar-refractivity contribution >= 4 is 17.5 Å². The first-order chi connectivity index (χ1) is 10.2. The van der Waals surface area contributed by atoms with Crippen molar-refractivity contribution in [3.05, 3.63) is 36.3 Å². The lowest BCUT2D eigenvalue weighted by molar-refractivity contribution is 0.628. The summed E-state index contributed by atoms with van der Waals surface area (Å²) in [6.45, 7) is 6.01. The number of benzene rings is 1. The summed E-state index contributed by atoms with van der Waals surface area (Å²) in [6, 6.07) is 6.24. The molecule has 0 spiro atoms. The maximum atomic E-state index is 13.2. The van der Waals surface area contributed by atoms with E-state index >= 15 is 0 Å². The molecule has 1 aromatic carbocycles. The second-order valence-corrected chi connectivity index (χ2v) is 4.76. The van der Waals surface area contributed by atoms with E-state index < -0.39 is 0 Å². The number of nitrogens with zero attached hydrogens (tertiary/aromatic N) is 4. The standard InChI is InChI=1S/C15H20FN5/c1-3-8-21(9-4-2)15-19-14(11-17-20-15)18-13-7-5-6-12(16)10-13/h5-7,10-11H,3-4,8-9H2,1-2H3,(H,18,19,20). The molecule has 112 valence electrons. The molecule has 0 bridgehead atoms. The van der Waals surface area contributed by atoms with Crippen LogP contribution in [0, 0.1) is 5.82 Å². The summed E-state index contributed by atoms with van der Waals surface area (Å²) in [6.07, 6.45) is 3.57. The molecule has 21 heavy (non-hydrogen) atoms. The second kappa shape index (κ2) is 7.52. The van der Waals surface area contributed by atoms with E-state index in [1.54, 1.807) is 12.1 Å². The van der Waals surface area contributed by atoms with Gasteiger partial charge in [-0.3, -0.25) is 0 Å². The van der Waals surface area contributed by atoms with Crippen LogP contribution in [0.2, 0.25) is 0 Å². The average molecular weight is 289 g/mol. The Morgan fingerprint density at radius 3 is 2.62 bits per heavy atom. The molecule has 1 aromatic heterocycles. The summed E-state index contributed by atoms with van der Waals surface area (Å²) >= 11 is 0. The summed E-state index contributed by atoms with van der Waals surface area (Å²) in [4.78, 5) is 6.55. The van der Waals surface area contributed by atoms with Crippen LogP contribution in [0.4, 0.5) is 21.8 Å². The Bertz CT molecular complexity index is 569. The van der Waals surface area contributed by atoms with Gasteiger partial charge in [0.05, 0.1) is 6.20 Å². The molecule has 0 aliphatic heterocycles. The van der Waals surface area contributed by atoms with Gasteiger partial charge in [-0.05, 0) is 31.0 Å². The lowest BCUT2D eigenvalue weighted by Crippen LogP contribution is -2.27. The van der Waals surface area contributed by atoms with E-state index in [4.69, 9.17) is 0 Å². The zero-order valence-electron chi connectivity index (χ0n) is 12.4. The Hall–Kier alpha value is -2.24. The lowest BCUT2D eigenvalue weighted by Gasteiger charge is -2.20. The van der Waals surface area contributed by atoms with Crippen LogP contribution in [0.3, 0.4) is 0 Å². The number of hydrogen-bond donors (Lipinski definition) is 1. The minimum atomic E-state index is -0.291. The molecule has 0 saturated carbocycles. The topological polar surface area (TPSA) is 53.9 Å². The van der Waals surface area contributed by atoms with Crippen molar-refractivity contribution in [3.8, 4) is 0 Å². The predicted molar refractivity (Wildman–Crippen MR) is 82.3 cm³/mol. The molecule has 2 aromatic rings. The largest absolute Gasteiger partial charge is 0.339 e. The summed E-state index contributed by atoms with van der Waals surface area (Å²) in [7, 11) is 0. The van der Waals surface area contributed by atoms with E-state index in [0.717, 1.165) is 25.9 Å². The highest BCUT2D eigenvalue weighted by Crippen LogP contribution is 2.16. The summed E-state index contributed by atoms with van der Waals surface area (Å²) in [5, 5.41) is 11.1. The highest BCUT2D eigenvalue weighted by Gasteiger charge is 2.09. The fourth-order valence-corrected chi connectivity index (χ4v) is 2.05. The normalized spacial score (nSPS) is 10.4. The highest BCUT2D eigenvalue weighted by atomic mass is 19.1. The van der Waals surface area contributed by atoms with Gasteiger partial charge in [0.15, 0.2) is 5.82 Å². The van der Waals surface area contributed by atoms with Gasteiger partial charge >= 0.3 is 0 Å². The number of aromatic nitrogens is 3. The molecule has 0 saturated heterocycles. The molecule has 2 rings (SSSR count). The Labute approximate surface area is 124 Å². The van der Waals surface area contributed by atoms with Gasteiger partial charge in [-0.25, -0.2) is 4.39 Å². The second-order valence-electron chi connectivity index (χ2n) is 4.76. The molecule has 1 heterocycles. The molecule has 0 radical (unpaired) electrons. The average Bonchev–Trinajstić information content (AvgIpc) is 2.47. The number of nitrogens with one attached hydrogen (secondary N) is 1. The van der Waals surface area contributed by atoms with Crippen molar-refractivity contribution in [2.75, 3.05) is 23.3 Å². The van der Waals surface area contributed by atoms with Crippen LogP contribution in [-0.4, -0.2) is 28.3 Å². The van der Waals surface area contributed by atoms with Crippen molar-refractivity contribution < 1.29 is 4.39 Å². The van der Waals surface area contributed by atoms with Gasteiger partial charge in [-0.1, -0.05) is 19.9 Å². The van der Waals surface area contributed by atoms with Crippen LogP contribution in [0.25, 0.3) is 0 Å². The third-order valence-electron chi connectivity index (χ3n) is 2.91. The van der Waals surface area contributed by atoms with Gasteiger partial charge in [0.2, 0.25) is 5.95 Å². The Morgan fingerprint density at radius 1 is 1.19 bits per heavy atom. The number of rotatable bonds is 7. The van der Waals surface area contributed by atoms with E-state index in [1.165, 1.54) is 18.3 Å². The molecule has 0 unspecified atom stereocenters. The Kier molecular flexibility index (Phi) is 5.43. The van der Waals surface area contributed by atoms with Gasteiger partial charge in [0, 0.05) is 18.8 Å². The number of halogens is 1. The monoisotopic (exact) mass is 289 g/mol. The Morgan fingerprint density at radius 2 is 1.95 bits per heavy atom. The van der Waals surface area contributed by atoms with E-state index in [9.17, 15) is 4.39 Å². The molecule has 0 aliphatic carbocycles. The maximum Gasteiger partial charge on any atom is 0.247 e. The lowest BCUT2D eigenvalue weighted by atomic mass is 10.3. The highest BCUT2D eigenvalue weighted by molar-refractivity contribution is 5.56. The van der Waals surface area contributed by atoms with Crippen LogP contribution >= 0.6 is 0 Å². The van der Waals surface area contributed by atoms with E-state index in [2.05, 4.69) is 39.2 Å². The van der Waals surface area contributed by atoms with E-state index in [0.29, 0.717) is 17.5 Å². The van der Waals surface area contributed by atoms with Crippen molar-refractivity contribution in [2.24, 2.45) is 0 Å². The summed E-state index contributed by atoms with van der Waals surface area (Å²) < 4.78 is 13.2. The summed E-state index contributed by atoms with van der Waals surface area (Å²) in [5.74, 6) is 0.865. The molecular weight excluding hydrogens is 269 g/mol. The van der Waals surface area contributed by atoms with Gasteiger partial charge < -0.3 is 10.2 Å². The fraction of sp³-hybridized carbons (Fsp3) is 0.400. The van der Waals surface area contributed by atoms with Crippen molar-refractivity contribution in [3.63, 3.8) is 0 Å². The molecule has 0 atom stereocenters. The number of hydrogen-bond acceptors (Lipinski definition) is 5. The third-order valence-corrected chi connectivity index (χ3v) is 2.91. The van der Waals surface area contributed by atoms with Gasteiger partial charge in [0.25, 0.3) is 0 Å². The molecule has 6 heteroatoms. The van der Waals surface area contributed by atoms with Crippen molar-refractivity contribution in [1.82, 2.24) is 15.2 Å². The van der Waals surface area contributed by atoms with Crippen LogP contribution in [0.5, 0.6) is 0 Å². The minimum Gasteiger partial charge on any atom is -0.339 e. The fourth-order valence-electron chi connectivity index (χ4n) is 2.05. The molecule has 1 N–H and O–H groups in total. The van der Waals surface area contributed by atoms with Gasteiger partial charge in [-0.15, -0.1) is 5.10 Å². The van der Waals surface area contributed by atoms with Gasteiger partial charge in [-0.2, -0.15) is 10.1 Å². The zero-order valence-corrected chi connectivity index (χ0v) is 12.4. The quantitative estimate of drug-likeness (QED) is 0.847. The maximum absolute atomic E-state index is 13.2. The van der Waals surface area contributed by atoms with Crippen molar-refractivity contribution in [2.45, 2.75) is 26.7 Å². The molecule has 0 fully saturated rings. The van der Waals surface area contributed by atoms with Crippen LogP contribution in [0.1, 0.15) is 26.7 Å². The smallest absolute Gasteiger partial charge is 0.247 e. The first-order valence-corrected chi connectivity index (χ1v) is 7.20. The molecule has 0 aliphatic rings. The third kappa shape index (κ3) is 4.37. The predicted octanol–water partition coefficient (Wildman–Crippen LogP) is 3.38. The van der Waals surface area contributed by atoms with E-state index in [1.807, 2.05) is 0 Å². The van der Waals surface area contributed by atoms with Crippen LogP contribution in [-0.2, 0) is 0 Å². The zero-order chi connectivity index (χ0) is 15.1. The summed E-state index contributed by atoms with van der Waals surface area (Å²) in [5.41, 5.74) is 0.638. The first kappa shape index (κ1) is 15.2. The Balaban J connectivity index is 2.16. The molecular formula is C15H20FN5.